The summed E-state index contributed by atoms with van der Waals surface area (Å²) in [5.74, 6) is 0.891. The number of nitrogens with zero attached hydrogens (tertiary/aromatic N) is 2. The summed E-state index contributed by atoms with van der Waals surface area (Å²) in [7, 11) is 6.67. The van der Waals surface area contributed by atoms with Crippen LogP contribution in [0.25, 0.3) is 0 Å². The van der Waals surface area contributed by atoms with Crippen LogP contribution in [-0.4, -0.2) is 62.7 Å². The second kappa shape index (κ2) is 5.48. The largest absolute Gasteiger partial charge is 0.319 e. The van der Waals surface area contributed by atoms with Gasteiger partial charge in [-0.1, -0.05) is 0 Å². The highest BCUT2D eigenvalue weighted by molar-refractivity contribution is 4.92. The minimum Gasteiger partial charge on any atom is -0.319 e. The van der Waals surface area contributed by atoms with Gasteiger partial charge in [0.2, 0.25) is 0 Å². The van der Waals surface area contributed by atoms with E-state index in [9.17, 15) is 0 Å². The van der Waals surface area contributed by atoms with E-state index in [0.717, 1.165) is 18.0 Å². The minimum atomic E-state index is 0.795. The standard InChI is InChI=1S/C13H27N3/c1-14-9-11-6-7-13(11)16(3)12-5-4-8-15(2)10-12/h11-14H,4-10H2,1-3H3. The summed E-state index contributed by atoms with van der Waals surface area (Å²) in [6.45, 7) is 3.74. The van der Waals surface area contributed by atoms with Gasteiger partial charge in [-0.05, 0) is 65.8 Å². The van der Waals surface area contributed by atoms with E-state index < -0.39 is 0 Å². The van der Waals surface area contributed by atoms with Gasteiger partial charge in [-0.25, -0.2) is 0 Å². The molecule has 0 amide bonds. The molecule has 1 heterocycles. The quantitative estimate of drug-likeness (QED) is 0.770. The van der Waals surface area contributed by atoms with Gasteiger partial charge in [0.05, 0.1) is 0 Å². The van der Waals surface area contributed by atoms with Crippen molar-refractivity contribution in [1.82, 2.24) is 15.1 Å². The molecule has 0 aromatic heterocycles. The maximum absolute atomic E-state index is 3.33. The van der Waals surface area contributed by atoms with Gasteiger partial charge in [0.1, 0.15) is 0 Å². The molecule has 0 radical (unpaired) electrons. The zero-order valence-corrected chi connectivity index (χ0v) is 11.1. The molecular formula is C13H27N3. The Morgan fingerprint density at radius 3 is 2.69 bits per heavy atom. The summed E-state index contributed by atoms with van der Waals surface area (Å²) in [6, 6.07) is 1.63. The molecule has 0 aromatic rings. The molecule has 3 atom stereocenters. The summed E-state index contributed by atoms with van der Waals surface area (Å²) < 4.78 is 0. The fourth-order valence-corrected chi connectivity index (χ4v) is 3.33. The SMILES string of the molecule is CNCC1CCC1N(C)C1CCCN(C)C1. The number of rotatable bonds is 4. The number of hydrogen-bond donors (Lipinski definition) is 1. The van der Waals surface area contributed by atoms with Crippen LogP contribution in [0.5, 0.6) is 0 Å². The number of likely N-dealkylation sites (tertiary alicyclic amines) is 1. The predicted octanol–water partition coefficient (Wildman–Crippen LogP) is 1.01. The van der Waals surface area contributed by atoms with Crippen LogP contribution in [0.15, 0.2) is 0 Å². The maximum atomic E-state index is 3.33. The van der Waals surface area contributed by atoms with Crippen LogP contribution in [-0.2, 0) is 0 Å². The fraction of sp³-hybridized carbons (Fsp3) is 1.00. The smallest absolute Gasteiger partial charge is 0.0223 e. The lowest BCUT2D eigenvalue weighted by molar-refractivity contribution is 0.0233. The average Bonchev–Trinajstić information content (AvgIpc) is 2.24. The normalized spacial score (nSPS) is 36.4. The van der Waals surface area contributed by atoms with Crippen molar-refractivity contribution in [3.8, 4) is 0 Å². The Kier molecular flexibility index (Phi) is 4.22. The molecule has 16 heavy (non-hydrogen) atoms. The van der Waals surface area contributed by atoms with Gasteiger partial charge in [-0.15, -0.1) is 0 Å². The number of likely N-dealkylation sites (N-methyl/N-ethyl adjacent to an activating group) is 2. The maximum Gasteiger partial charge on any atom is 0.0223 e. The summed E-state index contributed by atoms with van der Waals surface area (Å²) in [4.78, 5) is 5.15. The van der Waals surface area contributed by atoms with Crippen LogP contribution in [0.3, 0.4) is 0 Å². The Balaban J connectivity index is 1.84. The van der Waals surface area contributed by atoms with Gasteiger partial charge in [-0.2, -0.15) is 0 Å². The van der Waals surface area contributed by atoms with Gasteiger partial charge in [0.25, 0.3) is 0 Å². The highest BCUT2D eigenvalue weighted by Gasteiger charge is 2.36. The molecule has 3 nitrogen and oxygen atoms in total. The van der Waals surface area contributed by atoms with Crippen LogP contribution in [0.1, 0.15) is 25.7 Å². The first-order valence-electron chi connectivity index (χ1n) is 6.77. The third-order valence-corrected chi connectivity index (χ3v) is 4.54. The molecule has 3 unspecified atom stereocenters. The Morgan fingerprint density at radius 2 is 2.12 bits per heavy atom. The lowest BCUT2D eigenvalue weighted by Crippen LogP contribution is -2.55. The second-order valence-corrected chi connectivity index (χ2v) is 5.69. The van der Waals surface area contributed by atoms with E-state index in [-0.39, 0.29) is 0 Å². The van der Waals surface area contributed by atoms with E-state index in [4.69, 9.17) is 0 Å². The molecule has 1 saturated heterocycles. The summed E-state index contributed by atoms with van der Waals surface area (Å²) in [5, 5.41) is 3.33. The highest BCUT2D eigenvalue weighted by atomic mass is 15.2. The highest BCUT2D eigenvalue weighted by Crippen LogP contribution is 2.33. The molecule has 1 aliphatic carbocycles. The number of nitrogens with one attached hydrogen (secondary N) is 1. The number of piperidine rings is 1. The number of hydrogen-bond acceptors (Lipinski definition) is 3. The van der Waals surface area contributed by atoms with E-state index in [2.05, 4.69) is 36.3 Å². The van der Waals surface area contributed by atoms with Crippen molar-refractivity contribution in [2.24, 2.45) is 5.92 Å². The first-order valence-corrected chi connectivity index (χ1v) is 6.77. The third-order valence-electron chi connectivity index (χ3n) is 4.54. The van der Waals surface area contributed by atoms with Gasteiger partial charge in [0, 0.05) is 18.6 Å². The van der Waals surface area contributed by atoms with Gasteiger partial charge in [-0.3, -0.25) is 4.90 Å². The van der Waals surface area contributed by atoms with E-state index >= 15 is 0 Å². The Bertz CT molecular complexity index is 219. The Morgan fingerprint density at radius 1 is 1.31 bits per heavy atom. The zero-order valence-electron chi connectivity index (χ0n) is 11.1. The van der Waals surface area contributed by atoms with E-state index in [1.54, 1.807) is 0 Å². The van der Waals surface area contributed by atoms with Crippen LogP contribution in [0.2, 0.25) is 0 Å². The monoisotopic (exact) mass is 225 g/mol. The van der Waals surface area contributed by atoms with Crippen molar-refractivity contribution in [2.75, 3.05) is 40.8 Å². The molecule has 1 saturated carbocycles. The molecule has 2 aliphatic rings. The molecular weight excluding hydrogens is 198 g/mol. The summed E-state index contributed by atoms with van der Waals surface area (Å²) in [5.41, 5.74) is 0. The van der Waals surface area contributed by atoms with Crippen molar-refractivity contribution in [1.29, 1.82) is 0 Å². The molecule has 3 heteroatoms. The summed E-state index contributed by atoms with van der Waals surface area (Å²) in [6.07, 6.45) is 5.58. The van der Waals surface area contributed by atoms with E-state index in [1.807, 2.05) is 0 Å². The van der Waals surface area contributed by atoms with Gasteiger partial charge < -0.3 is 10.2 Å². The molecule has 2 fully saturated rings. The van der Waals surface area contributed by atoms with Crippen molar-refractivity contribution in [3.63, 3.8) is 0 Å². The van der Waals surface area contributed by atoms with Crippen molar-refractivity contribution in [3.05, 3.63) is 0 Å². The minimum absolute atomic E-state index is 0.795. The van der Waals surface area contributed by atoms with E-state index in [1.165, 1.54) is 45.3 Å². The molecule has 0 aromatic carbocycles. The Hall–Kier alpha value is -0.120. The second-order valence-electron chi connectivity index (χ2n) is 5.69. The molecule has 0 spiro atoms. The lowest BCUT2D eigenvalue weighted by atomic mass is 9.77. The van der Waals surface area contributed by atoms with Crippen molar-refractivity contribution in [2.45, 2.75) is 37.8 Å². The van der Waals surface area contributed by atoms with Gasteiger partial charge >= 0.3 is 0 Å². The fourth-order valence-electron chi connectivity index (χ4n) is 3.33. The first-order chi connectivity index (χ1) is 7.72. The molecule has 94 valence electrons. The average molecular weight is 225 g/mol. The zero-order chi connectivity index (χ0) is 11.5. The molecule has 2 rings (SSSR count). The topological polar surface area (TPSA) is 18.5 Å². The predicted molar refractivity (Wildman–Crippen MR) is 68.7 cm³/mol. The van der Waals surface area contributed by atoms with Crippen molar-refractivity contribution < 1.29 is 0 Å². The third kappa shape index (κ3) is 2.58. The lowest BCUT2D eigenvalue weighted by Gasteiger charge is -2.48. The van der Waals surface area contributed by atoms with Crippen molar-refractivity contribution >= 4 is 0 Å². The van der Waals surface area contributed by atoms with Crippen LogP contribution in [0.4, 0.5) is 0 Å². The summed E-state index contributed by atoms with van der Waals surface area (Å²) >= 11 is 0. The Labute approximate surface area is 100 Å². The first kappa shape index (κ1) is 12.3. The molecule has 0 bridgehead atoms. The van der Waals surface area contributed by atoms with Crippen LogP contribution >= 0.6 is 0 Å². The van der Waals surface area contributed by atoms with E-state index in [0.29, 0.717) is 0 Å². The molecule has 1 aliphatic heterocycles. The van der Waals surface area contributed by atoms with Gasteiger partial charge in [0.15, 0.2) is 0 Å². The molecule has 1 N–H and O–H groups in total. The van der Waals surface area contributed by atoms with Crippen LogP contribution in [0, 0.1) is 5.92 Å². The van der Waals surface area contributed by atoms with Crippen LogP contribution < -0.4 is 5.32 Å².